The monoisotopic (exact) mass is 430 g/mol. The SMILES string of the molecule is O=c1c2ccccc2c(N2CCC[C@H](CCN[SH](=O)=O)C2)nn1-c1ccc(F)cc1. The van der Waals surface area contributed by atoms with E-state index in [2.05, 4.69) is 14.7 Å². The summed E-state index contributed by atoms with van der Waals surface area (Å²) in [6.45, 7) is 1.95. The third-order valence-electron chi connectivity index (χ3n) is 5.47. The van der Waals surface area contributed by atoms with Gasteiger partial charge in [-0.1, -0.05) is 18.2 Å². The molecule has 30 heavy (non-hydrogen) atoms. The molecule has 7 nitrogen and oxygen atoms in total. The Labute approximate surface area is 175 Å². The van der Waals surface area contributed by atoms with Crippen LogP contribution in [-0.4, -0.2) is 37.8 Å². The number of nitrogens with one attached hydrogen (secondary N) is 1. The van der Waals surface area contributed by atoms with E-state index < -0.39 is 10.9 Å². The zero-order valence-corrected chi connectivity index (χ0v) is 17.2. The van der Waals surface area contributed by atoms with Crippen LogP contribution in [0, 0.1) is 11.7 Å². The fraction of sp³-hybridized carbons (Fsp3) is 0.333. The highest BCUT2D eigenvalue weighted by Crippen LogP contribution is 2.28. The molecular weight excluding hydrogens is 407 g/mol. The number of thiol groups is 1. The number of fused-ring (bicyclic) bond motifs is 1. The second kappa shape index (κ2) is 8.93. The Morgan fingerprint density at radius 1 is 1.10 bits per heavy atom. The van der Waals surface area contributed by atoms with E-state index in [1.807, 2.05) is 18.2 Å². The van der Waals surface area contributed by atoms with Gasteiger partial charge in [0, 0.05) is 25.0 Å². The van der Waals surface area contributed by atoms with E-state index in [0.717, 1.165) is 37.7 Å². The van der Waals surface area contributed by atoms with Gasteiger partial charge in [-0.25, -0.2) is 17.5 Å². The summed E-state index contributed by atoms with van der Waals surface area (Å²) in [6, 6.07) is 13.1. The van der Waals surface area contributed by atoms with Crippen LogP contribution in [0.3, 0.4) is 0 Å². The number of nitrogens with zero attached hydrogens (tertiary/aromatic N) is 3. The molecule has 1 fully saturated rings. The molecule has 0 saturated carbocycles. The maximum Gasteiger partial charge on any atom is 0.279 e. The molecule has 0 radical (unpaired) electrons. The molecule has 0 aliphatic carbocycles. The largest absolute Gasteiger partial charge is 0.354 e. The summed E-state index contributed by atoms with van der Waals surface area (Å²) in [5.41, 5.74) is 0.253. The lowest BCUT2D eigenvalue weighted by Crippen LogP contribution is -2.38. The molecule has 1 aromatic heterocycles. The number of hydrogen-bond acceptors (Lipinski definition) is 5. The first kappa shape index (κ1) is 20.5. The van der Waals surface area contributed by atoms with Crippen molar-refractivity contribution in [3.8, 4) is 5.69 Å². The van der Waals surface area contributed by atoms with Gasteiger partial charge in [-0.05, 0) is 55.5 Å². The number of aromatic nitrogens is 2. The standard InChI is InChI=1S/C21H23FN4O3S/c22-16-7-9-17(10-8-16)26-21(27)19-6-2-1-5-18(19)20(24-26)25-13-3-4-15(14-25)11-12-23-30(28)29/h1-2,5-10,15,30H,3-4,11-14H2,(H,23,28,29)/t15-/m1/s1. The smallest absolute Gasteiger partial charge is 0.279 e. The maximum atomic E-state index is 13.4. The molecule has 1 saturated heterocycles. The van der Waals surface area contributed by atoms with Crippen molar-refractivity contribution in [3.05, 3.63) is 64.7 Å². The van der Waals surface area contributed by atoms with Crippen LogP contribution >= 0.6 is 0 Å². The second-order valence-electron chi connectivity index (χ2n) is 7.47. The highest BCUT2D eigenvalue weighted by Gasteiger charge is 2.24. The lowest BCUT2D eigenvalue weighted by atomic mass is 9.94. The van der Waals surface area contributed by atoms with Crippen molar-refractivity contribution in [1.29, 1.82) is 0 Å². The normalized spacial score (nSPS) is 17.0. The maximum absolute atomic E-state index is 13.4. The Kier molecular flexibility index (Phi) is 6.10. The molecule has 3 aromatic rings. The Hall–Kier alpha value is -2.78. The first-order valence-electron chi connectivity index (χ1n) is 9.94. The number of rotatable bonds is 6. The minimum absolute atomic E-state index is 0.252. The molecule has 9 heteroatoms. The van der Waals surface area contributed by atoms with E-state index in [9.17, 15) is 17.6 Å². The van der Waals surface area contributed by atoms with Gasteiger partial charge in [-0.15, -0.1) is 5.10 Å². The lowest BCUT2D eigenvalue weighted by molar-refractivity contribution is 0.390. The molecule has 2 heterocycles. The van der Waals surface area contributed by atoms with Gasteiger partial charge in [-0.2, -0.15) is 4.68 Å². The molecule has 2 aromatic carbocycles. The van der Waals surface area contributed by atoms with Crippen LogP contribution < -0.4 is 15.2 Å². The fourth-order valence-corrected chi connectivity index (χ4v) is 4.33. The van der Waals surface area contributed by atoms with Crippen LogP contribution in [0.15, 0.2) is 53.3 Å². The molecule has 1 atom stereocenters. The predicted octanol–water partition coefficient (Wildman–Crippen LogP) is 2.25. The molecule has 1 aliphatic heterocycles. The number of hydrogen-bond donors (Lipinski definition) is 2. The summed E-state index contributed by atoms with van der Waals surface area (Å²) >= 11 is 0. The van der Waals surface area contributed by atoms with Gasteiger partial charge in [0.2, 0.25) is 10.9 Å². The average Bonchev–Trinajstić information content (AvgIpc) is 2.75. The van der Waals surface area contributed by atoms with Crippen molar-refractivity contribution >= 4 is 27.5 Å². The quantitative estimate of drug-likeness (QED) is 0.586. The van der Waals surface area contributed by atoms with E-state index in [-0.39, 0.29) is 11.4 Å². The van der Waals surface area contributed by atoms with Gasteiger partial charge < -0.3 is 4.90 Å². The van der Waals surface area contributed by atoms with Crippen LogP contribution in [0.5, 0.6) is 0 Å². The van der Waals surface area contributed by atoms with Gasteiger partial charge in [0.15, 0.2) is 5.82 Å². The molecular formula is C21H23FN4O3S. The first-order chi connectivity index (χ1) is 14.5. The van der Waals surface area contributed by atoms with Crippen molar-refractivity contribution in [2.45, 2.75) is 19.3 Å². The average molecular weight is 431 g/mol. The van der Waals surface area contributed by atoms with Gasteiger partial charge in [0.05, 0.1) is 11.1 Å². The second-order valence-corrected chi connectivity index (χ2v) is 8.30. The predicted molar refractivity (Wildman–Crippen MR) is 115 cm³/mol. The minimum Gasteiger partial charge on any atom is -0.354 e. The van der Waals surface area contributed by atoms with Gasteiger partial charge in [0.1, 0.15) is 5.82 Å². The minimum atomic E-state index is -2.58. The topological polar surface area (TPSA) is 84.3 Å². The van der Waals surface area contributed by atoms with Crippen molar-refractivity contribution in [2.75, 3.05) is 24.5 Å². The van der Waals surface area contributed by atoms with E-state index >= 15 is 0 Å². The van der Waals surface area contributed by atoms with Crippen molar-refractivity contribution in [2.24, 2.45) is 5.92 Å². The number of halogens is 1. The summed E-state index contributed by atoms with van der Waals surface area (Å²) < 4.78 is 38.6. The van der Waals surface area contributed by atoms with Crippen LogP contribution in [0.4, 0.5) is 10.2 Å². The molecule has 1 aliphatic rings. The molecule has 0 spiro atoms. The summed E-state index contributed by atoms with van der Waals surface area (Å²) in [5, 5.41) is 6.00. The first-order valence-corrected chi connectivity index (χ1v) is 11.1. The third-order valence-corrected chi connectivity index (χ3v) is 5.95. The summed E-state index contributed by atoms with van der Waals surface area (Å²) in [5.74, 6) is 0.662. The van der Waals surface area contributed by atoms with E-state index in [1.54, 1.807) is 6.07 Å². The fourth-order valence-electron chi connectivity index (χ4n) is 4.02. The molecule has 0 bridgehead atoms. The highest BCUT2D eigenvalue weighted by atomic mass is 32.2. The van der Waals surface area contributed by atoms with Crippen LogP contribution in [0.25, 0.3) is 16.5 Å². The number of benzene rings is 2. The Morgan fingerprint density at radius 2 is 1.83 bits per heavy atom. The van der Waals surface area contributed by atoms with E-state index in [4.69, 9.17) is 0 Å². The van der Waals surface area contributed by atoms with Gasteiger partial charge in [0.25, 0.3) is 5.56 Å². The Bertz CT molecular complexity index is 1170. The molecule has 0 amide bonds. The summed E-state index contributed by atoms with van der Waals surface area (Å²) in [7, 11) is -2.58. The van der Waals surface area contributed by atoms with Crippen molar-refractivity contribution < 1.29 is 12.8 Å². The number of anilines is 1. The van der Waals surface area contributed by atoms with Crippen molar-refractivity contribution in [1.82, 2.24) is 14.5 Å². The lowest BCUT2D eigenvalue weighted by Gasteiger charge is -2.34. The van der Waals surface area contributed by atoms with Crippen molar-refractivity contribution in [3.63, 3.8) is 0 Å². The Morgan fingerprint density at radius 3 is 2.57 bits per heavy atom. The third kappa shape index (κ3) is 4.36. The highest BCUT2D eigenvalue weighted by molar-refractivity contribution is 7.70. The van der Waals surface area contributed by atoms with Crippen LogP contribution in [-0.2, 0) is 10.9 Å². The van der Waals surface area contributed by atoms with Crippen LogP contribution in [0.1, 0.15) is 19.3 Å². The molecule has 4 rings (SSSR count). The number of piperidine rings is 1. The van der Waals surface area contributed by atoms with Crippen LogP contribution in [0.2, 0.25) is 0 Å². The van der Waals surface area contributed by atoms with E-state index in [0.29, 0.717) is 29.4 Å². The van der Waals surface area contributed by atoms with Gasteiger partial charge in [-0.3, -0.25) is 4.79 Å². The zero-order chi connectivity index (χ0) is 21.1. The molecule has 0 unspecified atom stereocenters. The van der Waals surface area contributed by atoms with E-state index in [1.165, 1.54) is 28.9 Å². The summed E-state index contributed by atoms with van der Waals surface area (Å²) in [4.78, 5) is 15.2. The Balaban J connectivity index is 1.71. The molecule has 1 N–H and O–H groups in total. The van der Waals surface area contributed by atoms with Gasteiger partial charge >= 0.3 is 0 Å². The summed E-state index contributed by atoms with van der Waals surface area (Å²) in [6.07, 6.45) is 2.72. The zero-order valence-electron chi connectivity index (χ0n) is 16.3. The molecule has 158 valence electrons.